The lowest BCUT2D eigenvalue weighted by Crippen LogP contribution is -2.16. The molecule has 0 bridgehead atoms. The third kappa shape index (κ3) is 3.70. The molecule has 0 unspecified atom stereocenters. The monoisotopic (exact) mass is 353 g/mol. The molecule has 0 saturated heterocycles. The molecule has 0 radical (unpaired) electrons. The summed E-state index contributed by atoms with van der Waals surface area (Å²) < 4.78 is 0.753. The van der Waals surface area contributed by atoms with Crippen LogP contribution in [0, 0.1) is 6.92 Å². The summed E-state index contributed by atoms with van der Waals surface area (Å²) in [5.41, 5.74) is 1.85. The highest BCUT2D eigenvalue weighted by atomic mass is 79.9. The van der Waals surface area contributed by atoms with Crippen molar-refractivity contribution in [1.29, 1.82) is 0 Å². The lowest BCUT2D eigenvalue weighted by Gasteiger charge is -2.18. The average Bonchev–Trinajstić information content (AvgIpc) is 2.31. The highest BCUT2D eigenvalue weighted by molar-refractivity contribution is 9.10. The Hall–Kier alpha value is -1.13. The van der Waals surface area contributed by atoms with Crippen molar-refractivity contribution in [3.8, 4) is 0 Å². The Balaban J connectivity index is 2.36. The Kier molecular flexibility index (Phi) is 4.35. The minimum atomic E-state index is -0.114. The lowest BCUT2D eigenvalue weighted by molar-refractivity contribution is 0.544. The van der Waals surface area contributed by atoms with E-state index in [0.717, 1.165) is 27.5 Å². The Morgan fingerprint density at radius 1 is 1.15 bits per heavy atom. The lowest BCUT2D eigenvalue weighted by atomic mass is 9.96. The summed E-state index contributed by atoms with van der Waals surface area (Å²) >= 11 is 9.66. The topological polar surface area (TPSA) is 37.8 Å². The fourth-order valence-electron chi connectivity index (χ4n) is 1.68. The van der Waals surface area contributed by atoms with Crippen molar-refractivity contribution < 1.29 is 0 Å². The number of benzene rings is 1. The van der Waals surface area contributed by atoms with Gasteiger partial charge in [-0.15, -0.1) is 0 Å². The molecule has 0 saturated carbocycles. The molecule has 0 aliphatic rings. The van der Waals surface area contributed by atoms with Gasteiger partial charge in [0.1, 0.15) is 16.2 Å². The highest BCUT2D eigenvalue weighted by Gasteiger charge is 2.19. The molecule has 3 nitrogen and oxygen atoms in total. The summed E-state index contributed by atoms with van der Waals surface area (Å²) in [5.74, 6) is 1.50. The number of aromatic nitrogens is 2. The highest BCUT2D eigenvalue weighted by Crippen LogP contribution is 2.28. The van der Waals surface area contributed by atoms with Crippen molar-refractivity contribution in [1.82, 2.24) is 9.97 Å². The molecule has 0 atom stereocenters. The van der Waals surface area contributed by atoms with E-state index < -0.39 is 0 Å². The van der Waals surface area contributed by atoms with Crippen LogP contribution in [0.5, 0.6) is 0 Å². The fraction of sp³-hybridized carbons (Fsp3) is 0.333. The van der Waals surface area contributed by atoms with Gasteiger partial charge in [-0.05, 0) is 40.5 Å². The quantitative estimate of drug-likeness (QED) is 0.749. The van der Waals surface area contributed by atoms with Crippen molar-refractivity contribution in [2.45, 2.75) is 33.1 Å². The second-order valence-electron chi connectivity index (χ2n) is 5.76. The van der Waals surface area contributed by atoms with Gasteiger partial charge in [0.2, 0.25) is 0 Å². The van der Waals surface area contributed by atoms with Gasteiger partial charge in [-0.25, -0.2) is 9.97 Å². The normalized spacial score (nSPS) is 11.5. The van der Waals surface area contributed by atoms with E-state index in [4.69, 9.17) is 11.6 Å². The van der Waals surface area contributed by atoms with Crippen LogP contribution in [-0.4, -0.2) is 9.97 Å². The average molecular weight is 355 g/mol. The molecular weight excluding hydrogens is 338 g/mol. The van der Waals surface area contributed by atoms with Crippen LogP contribution < -0.4 is 5.32 Å². The molecular formula is C15H17BrClN3. The van der Waals surface area contributed by atoms with Gasteiger partial charge >= 0.3 is 0 Å². The van der Waals surface area contributed by atoms with E-state index in [1.807, 2.05) is 31.2 Å². The predicted molar refractivity (Wildman–Crippen MR) is 87.9 cm³/mol. The first-order valence-corrected chi connectivity index (χ1v) is 7.51. The largest absolute Gasteiger partial charge is 0.339 e. The summed E-state index contributed by atoms with van der Waals surface area (Å²) in [4.78, 5) is 8.97. The minimum absolute atomic E-state index is 0.114. The predicted octanol–water partition coefficient (Wildman–Crippen LogP) is 5.24. The zero-order valence-corrected chi connectivity index (χ0v) is 14.3. The number of anilines is 2. The number of hydrogen-bond donors (Lipinski definition) is 1. The Morgan fingerprint density at radius 3 is 2.45 bits per heavy atom. The minimum Gasteiger partial charge on any atom is -0.339 e. The van der Waals surface area contributed by atoms with Crippen LogP contribution in [-0.2, 0) is 5.41 Å². The molecule has 2 aromatic rings. The van der Waals surface area contributed by atoms with Crippen molar-refractivity contribution in [2.75, 3.05) is 5.32 Å². The van der Waals surface area contributed by atoms with Gasteiger partial charge in [0.05, 0.1) is 10.7 Å². The van der Waals surface area contributed by atoms with Gasteiger partial charge < -0.3 is 5.32 Å². The van der Waals surface area contributed by atoms with Gasteiger partial charge in [0, 0.05) is 11.5 Å². The fourth-order valence-corrected chi connectivity index (χ4v) is 2.34. The molecule has 5 heteroatoms. The summed E-state index contributed by atoms with van der Waals surface area (Å²) in [6, 6.07) is 7.72. The van der Waals surface area contributed by atoms with Gasteiger partial charge in [0.15, 0.2) is 0 Å². The zero-order valence-electron chi connectivity index (χ0n) is 12.0. The van der Waals surface area contributed by atoms with Crippen molar-refractivity contribution in [3.05, 3.63) is 45.3 Å². The third-order valence-corrected chi connectivity index (χ3v) is 3.47. The summed E-state index contributed by atoms with van der Waals surface area (Å²) in [6.07, 6.45) is 0. The molecule has 0 aliphatic carbocycles. The number of halogens is 2. The van der Waals surface area contributed by atoms with Gasteiger partial charge in [0.25, 0.3) is 0 Å². The summed E-state index contributed by atoms with van der Waals surface area (Å²) in [5, 5.41) is 3.92. The molecule has 1 N–H and O–H groups in total. The van der Waals surface area contributed by atoms with E-state index in [1.165, 1.54) is 0 Å². The van der Waals surface area contributed by atoms with Crippen LogP contribution in [0.3, 0.4) is 0 Å². The van der Waals surface area contributed by atoms with Crippen LogP contribution >= 0.6 is 27.5 Å². The van der Waals surface area contributed by atoms with Crippen LogP contribution in [0.1, 0.15) is 32.2 Å². The molecule has 2 rings (SSSR count). The van der Waals surface area contributed by atoms with Crippen molar-refractivity contribution >= 4 is 39.0 Å². The molecule has 1 aromatic carbocycles. The van der Waals surface area contributed by atoms with Gasteiger partial charge in [-0.1, -0.05) is 38.4 Å². The molecule has 0 spiro atoms. The van der Waals surface area contributed by atoms with E-state index in [-0.39, 0.29) is 5.41 Å². The molecule has 0 amide bonds. The van der Waals surface area contributed by atoms with Crippen LogP contribution in [0.15, 0.2) is 28.9 Å². The van der Waals surface area contributed by atoms with E-state index >= 15 is 0 Å². The van der Waals surface area contributed by atoms with Crippen LogP contribution in [0.2, 0.25) is 5.02 Å². The number of rotatable bonds is 2. The van der Waals surface area contributed by atoms with Gasteiger partial charge in [-0.2, -0.15) is 0 Å². The maximum Gasteiger partial charge on any atom is 0.137 e. The van der Waals surface area contributed by atoms with E-state index in [2.05, 4.69) is 52.0 Å². The van der Waals surface area contributed by atoms with Crippen molar-refractivity contribution in [2.24, 2.45) is 0 Å². The second kappa shape index (κ2) is 5.70. The zero-order chi connectivity index (χ0) is 14.9. The standard InChI is InChI=1S/C15H17BrClN3/c1-9-5-6-11(10(17)7-9)18-13-8-12(16)19-14(20-13)15(2,3)4/h5-8H,1-4H3,(H,18,19,20). The molecule has 20 heavy (non-hydrogen) atoms. The molecule has 106 valence electrons. The summed E-state index contributed by atoms with van der Waals surface area (Å²) in [7, 11) is 0. The maximum atomic E-state index is 6.23. The number of hydrogen-bond acceptors (Lipinski definition) is 3. The Morgan fingerprint density at radius 2 is 1.85 bits per heavy atom. The Labute approximate surface area is 132 Å². The van der Waals surface area contributed by atoms with E-state index in [9.17, 15) is 0 Å². The number of nitrogens with zero attached hydrogens (tertiary/aromatic N) is 2. The first-order chi connectivity index (χ1) is 9.25. The van der Waals surface area contributed by atoms with Gasteiger partial charge in [-0.3, -0.25) is 0 Å². The first kappa shape index (κ1) is 15.3. The van der Waals surface area contributed by atoms with Crippen LogP contribution in [0.25, 0.3) is 0 Å². The SMILES string of the molecule is Cc1ccc(Nc2cc(Br)nc(C(C)(C)C)n2)c(Cl)c1. The summed E-state index contributed by atoms with van der Waals surface area (Å²) in [6.45, 7) is 8.25. The van der Waals surface area contributed by atoms with Crippen molar-refractivity contribution in [3.63, 3.8) is 0 Å². The maximum absolute atomic E-state index is 6.23. The Bertz CT molecular complexity index is 636. The molecule has 1 aromatic heterocycles. The van der Waals surface area contributed by atoms with E-state index in [0.29, 0.717) is 5.02 Å². The second-order valence-corrected chi connectivity index (χ2v) is 6.98. The first-order valence-electron chi connectivity index (χ1n) is 6.34. The third-order valence-electron chi connectivity index (χ3n) is 2.75. The number of aryl methyl sites for hydroxylation is 1. The molecule has 1 heterocycles. The molecule has 0 fully saturated rings. The van der Waals surface area contributed by atoms with Crippen LogP contribution in [0.4, 0.5) is 11.5 Å². The van der Waals surface area contributed by atoms with E-state index in [1.54, 1.807) is 0 Å². The number of nitrogens with one attached hydrogen (secondary N) is 1. The smallest absolute Gasteiger partial charge is 0.137 e. The molecule has 0 aliphatic heterocycles.